The summed E-state index contributed by atoms with van der Waals surface area (Å²) >= 11 is 0. The lowest BCUT2D eigenvalue weighted by Gasteiger charge is -2.04. The molecule has 0 aliphatic rings. The Hall–Kier alpha value is -2.15. The third kappa shape index (κ3) is 2.57. The molecule has 0 aliphatic heterocycles. The second-order valence-electron chi connectivity index (χ2n) is 3.37. The zero-order valence-corrected chi connectivity index (χ0v) is 9.78. The monoisotopic (exact) mass is 269 g/mol. The van der Waals surface area contributed by atoms with Gasteiger partial charge in [0.15, 0.2) is 5.76 Å². The van der Waals surface area contributed by atoms with E-state index in [9.17, 15) is 17.6 Å². The van der Waals surface area contributed by atoms with Gasteiger partial charge < -0.3 is 4.42 Å². The topological polar surface area (TPSA) is 76.4 Å². The highest BCUT2D eigenvalue weighted by Crippen LogP contribution is 2.10. The molecule has 1 N–H and O–H groups in total. The van der Waals surface area contributed by atoms with Gasteiger partial charge in [0.05, 0.1) is 11.2 Å². The highest BCUT2D eigenvalue weighted by atomic mass is 32.2. The Morgan fingerprint density at radius 1 is 1.17 bits per heavy atom. The molecule has 0 unspecified atom stereocenters. The van der Waals surface area contributed by atoms with E-state index >= 15 is 0 Å². The average Bonchev–Trinajstić information content (AvgIpc) is 2.82. The van der Waals surface area contributed by atoms with Gasteiger partial charge in [0.25, 0.3) is 10.0 Å². The van der Waals surface area contributed by atoms with Crippen LogP contribution in [0.3, 0.4) is 0 Å². The fourth-order valence-electron chi connectivity index (χ4n) is 1.25. The average molecular weight is 269 g/mol. The Morgan fingerprint density at radius 3 is 2.39 bits per heavy atom. The number of amides is 1. The van der Waals surface area contributed by atoms with Crippen LogP contribution in [0.25, 0.3) is 0 Å². The van der Waals surface area contributed by atoms with Gasteiger partial charge in [-0.25, -0.2) is 17.5 Å². The van der Waals surface area contributed by atoms with E-state index in [0.29, 0.717) is 0 Å². The molecule has 1 heterocycles. The predicted octanol–water partition coefficient (Wildman–Crippen LogP) is 1.54. The lowest BCUT2D eigenvalue weighted by molar-refractivity contribution is 0.0954. The molecule has 1 aromatic carbocycles. The second kappa shape index (κ2) is 4.61. The van der Waals surface area contributed by atoms with Gasteiger partial charge in [-0.1, -0.05) is 0 Å². The molecule has 5 nitrogen and oxygen atoms in total. The predicted molar refractivity (Wildman–Crippen MR) is 59.8 cm³/mol. The van der Waals surface area contributed by atoms with Crippen LogP contribution in [0, 0.1) is 5.82 Å². The van der Waals surface area contributed by atoms with Crippen molar-refractivity contribution in [2.24, 2.45) is 0 Å². The van der Waals surface area contributed by atoms with Crippen molar-refractivity contribution in [2.45, 2.75) is 4.90 Å². The van der Waals surface area contributed by atoms with Crippen LogP contribution >= 0.6 is 0 Å². The van der Waals surface area contributed by atoms with Gasteiger partial charge in [-0.3, -0.25) is 4.79 Å². The molecule has 2 aromatic rings. The van der Waals surface area contributed by atoms with Gasteiger partial charge in [0.1, 0.15) is 5.82 Å². The molecule has 0 spiro atoms. The molecule has 0 bridgehead atoms. The number of rotatable bonds is 3. The fourth-order valence-corrected chi connectivity index (χ4v) is 2.21. The maximum absolute atomic E-state index is 12.7. The number of carbonyl (C=O) groups excluding carboxylic acids is 1. The molecule has 7 heteroatoms. The molecular weight excluding hydrogens is 261 g/mol. The number of nitrogens with one attached hydrogen (secondary N) is 1. The molecule has 1 aromatic heterocycles. The van der Waals surface area contributed by atoms with E-state index in [4.69, 9.17) is 4.42 Å². The number of halogens is 1. The molecule has 2 rings (SSSR count). The molecule has 0 fully saturated rings. The lowest BCUT2D eigenvalue weighted by atomic mass is 10.4. The zero-order valence-electron chi connectivity index (χ0n) is 8.96. The summed E-state index contributed by atoms with van der Waals surface area (Å²) < 4.78 is 42.7. The van der Waals surface area contributed by atoms with E-state index in [2.05, 4.69) is 0 Å². The molecular formula is C11H8FNO4S. The van der Waals surface area contributed by atoms with Crippen LogP contribution in [0.5, 0.6) is 0 Å². The first-order valence-electron chi connectivity index (χ1n) is 4.85. The summed E-state index contributed by atoms with van der Waals surface area (Å²) in [5, 5.41) is 0. The Balaban J connectivity index is 2.22. The van der Waals surface area contributed by atoms with Crippen molar-refractivity contribution in [1.82, 2.24) is 4.72 Å². The fraction of sp³-hybridized carbons (Fsp3) is 0. The minimum Gasteiger partial charge on any atom is -0.459 e. The van der Waals surface area contributed by atoms with Crippen molar-refractivity contribution in [2.75, 3.05) is 0 Å². The summed E-state index contributed by atoms with van der Waals surface area (Å²) in [6.45, 7) is 0. The molecule has 0 aliphatic carbocycles. The standard InChI is InChI=1S/C11H8FNO4S/c12-8-3-5-9(6-4-8)18(15,16)13-11(14)10-2-1-7-17-10/h1-7H,(H,13,14). The van der Waals surface area contributed by atoms with Crippen molar-refractivity contribution in [3.8, 4) is 0 Å². The van der Waals surface area contributed by atoms with Gasteiger partial charge in [-0.2, -0.15) is 0 Å². The SMILES string of the molecule is O=C(NS(=O)(=O)c1ccc(F)cc1)c1ccco1. The number of hydrogen-bond acceptors (Lipinski definition) is 4. The first-order chi connectivity index (χ1) is 8.49. The molecule has 0 radical (unpaired) electrons. The molecule has 1 amide bonds. The van der Waals surface area contributed by atoms with Crippen LogP contribution in [0.2, 0.25) is 0 Å². The van der Waals surface area contributed by atoms with E-state index in [-0.39, 0.29) is 10.7 Å². The number of furan rings is 1. The minimum atomic E-state index is -4.03. The third-order valence-electron chi connectivity index (χ3n) is 2.10. The van der Waals surface area contributed by atoms with E-state index in [1.807, 2.05) is 4.72 Å². The van der Waals surface area contributed by atoms with Crippen LogP contribution in [-0.4, -0.2) is 14.3 Å². The van der Waals surface area contributed by atoms with E-state index in [1.165, 1.54) is 18.4 Å². The second-order valence-corrected chi connectivity index (χ2v) is 5.05. The maximum Gasteiger partial charge on any atom is 0.300 e. The Morgan fingerprint density at radius 2 is 1.83 bits per heavy atom. The smallest absolute Gasteiger partial charge is 0.300 e. The molecule has 18 heavy (non-hydrogen) atoms. The lowest BCUT2D eigenvalue weighted by Crippen LogP contribution is -2.30. The molecule has 0 atom stereocenters. The third-order valence-corrected chi connectivity index (χ3v) is 3.44. The van der Waals surface area contributed by atoms with Crippen molar-refractivity contribution >= 4 is 15.9 Å². The summed E-state index contributed by atoms with van der Waals surface area (Å²) in [5.41, 5.74) is 0. The van der Waals surface area contributed by atoms with Crippen LogP contribution in [0.4, 0.5) is 4.39 Å². The van der Waals surface area contributed by atoms with Crippen LogP contribution in [-0.2, 0) is 10.0 Å². The summed E-state index contributed by atoms with van der Waals surface area (Å²) in [6.07, 6.45) is 1.25. The van der Waals surface area contributed by atoms with Crippen molar-refractivity contribution in [3.63, 3.8) is 0 Å². The van der Waals surface area contributed by atoms with Gasteiger partial charge in [-0.05, 0) is 36.4 Å². The number of hydrogen-bond donors (Lipinski definition) is 1. The van der Waals surface area contributed by atoms with Gasteiger partial charge in [0, 0.05) is 0 Å². The van der Waals surface area contributed by atoms with Crippen LogP contribution in [0.15, 0.2) is 52.0 Å². The van der Waals surface area contributed by atoms with Crippen molar-refractivity contribution in [1.29, 1.82) is 0 Å². The Bertz CT molecular complexity index is 647. The molecule has 0 saturated carbocycles. The summed E-state index contributed by atoms with van der Waals surface area (Å²) in [5.74, 6) is -1.57. The van der Waals surface area contributed by atoms with Gasteiger partial charge in [0.2, 0.25) is 0 Å². The number of carbonyl (C=O) groups is 1. The van der Waals surface area contributed by atoms with Gasteiger partial charge in [-0.15, -0.1) is 0 Å². The largest absolute Gasteiger partial charge is 0.459 e. The van der Waals surface area contributed by atoms with Crippen LogP contribution < -0.4 is 4.72 Å². The van der Waals surface area contributed by atoms with Crippen molar-refractivity contribution < 1.29 is 22.0 Å². The Labute approximate surface area is 102 Å². The van der Waals surface area contributed by atoms with E-state index in [1.54, 1.807) is 0 Å². The molecule has 94 valence electrons. The van der Waals surface area contributed by atoms with E-state index in [0.717, 1.165) is 24.3 Å². The summed E-state index contributed by atoms with van der Waals surface area (Å²) in [6, 6.07) is 6.90. The first kappa shape index (κ1) is 12.3. The molecule has 0 saturated heterocycles. The van der Waals surface area contributed by atoms with Crippen molar-refractivity contribution in [3.05, 3.63) is 54.2 Å². The number of benzene rings is 1. The minimum absolute atomic E-state index is 0.124. The normalized spacial score (nSPS) is 11.2. The maximum atomic E-state index is 12.7. The van der Waals surface area contributed by atoms with Crippen LogP contribution in [0.1, 0.15) is 10.6 Å². The quantitative estimate of drug-likeness (QED) is 0.916. The zero-order chi connectivity index (χ0) is 13.2. The Kier molecular flexibility index (Phi) is 3.15. The summed E-state index contributed by atoms with van der Waals surface area (Å²) in [4.78, 5) is 11.3. The number of sulfonamides is 1. The first-order valence-corrected chi connectivity index (χ1v) is 6.33. The highest BCUT2D eigenvalue weighted by Gasteiger charge is 2.19. The van der Waals surface area contributed by atoms with E-state index < -0.39 is 21.7 Å². The van der Waals surface area contributed by atoms with Gasteiger partial charge >= 0.3 is 5.91 Å². The summed E-state index contributed by atoms with van der Waals surface area (Å²) in [7, 11) is -4.03. The highest BCUT2D eigenvalue weighted by molar-refractivity contribution is 7.90.